The van der Waals surface area contributed by atoms with E-state index in [1.54, 1.807) is 6.08 Å². The second-order valence-corrected chi connectivity index (χ2v) is 28.1. The summed E-state index contributed by atoms with van der Waals surface area (Å²) >= 11 is 0. The number of allylic oxidation sites excluding steroid dienone is 17. The molecule has 0 aromatic carbocycles. The Kier molecular flexibility index (Phi) is 67.3. The Bertz CT molecular complexity index is 1820. The maximum absolute atomic E-state index is 13.1. The smallest absolute Gasteiger partial charge is 0.387 e. The van der Waals surface area contributed by atoms with Crippen LogP contribution in [0.2, 0.25) is 0 Å². The summed E-state index contributed by atoms with van der Waals surface area (Å²) in [6.45, 7) is 4.74. The van der Waals surface area contributed by atoms with Crippen molar-refractivity contribution >= 4 is 13.7 Å². The highest BCUT2D eigenvalue weighted by Crippen LogP contribution is 2.43. The van der Waals surface area contributed by atoms with Gasteiger partial charge >= 0.3 is 7.82 Å². The minimum Gasteiger partial charge on any atom is -0.387 e. The van der Waals surface area contributed by atoms with Crippen molar-refractivity contribution < 1.29 is 32.9 Å². The van der Waals surface area contributed by atoms with E-state index in [9.17, 15) is 19.4 Å². The summed E-state index contributed by atoms with van der Waals surface area (Å²) in [5.41, 5.74) is 0. The van der Waals surface area contributed by atoms with Crippen LogP contribution in [0.15, 0.2) is 109 Å². The summed E-state index contributed by atoms with van der Waals surface area (Å²) in [7, 11) is 1.57. The van der Waals surface area contributed by atoms with E-state index in [1.807, 2.05) is 27.2 Å². The van der Waals surface area contributed by atoms with Gasteiger partial charge in [0.2, 0.25) is 5.91 Å². The van der Waals surface area contributed by atoms with Crippen LogP contribution in [-0.4, -0.2) is 73.4 Å². The molecule has 0 saturated heterocycles. The van der Waals surface area contributed by atoms with Crippen LogP contribution in [0.1, 0.15) is 341 Å². The Labute approximate surface area is 552 Å². The van der Waals surface area contributed by atoms with Crippen LogP contribution in [0.4, 0.5) is 0 Å². The zero-order valence-corrected chi connectivity index (χ0v) is 60.0. The van der Waals surface area contributed by atoms with Crippen molar-refractivity contribution in [3.05, 3.63) is 109 Å². The summed E-state index contributed by atoms with van der Waals surface area (Å²) < 4.78 is 23.9. The van der Waals surface area contributed by atoms with Gasteiger partial charge in [0.25, 0.3) is 0 Å². The van der Waals surface area contributed by atoms with Gasteiger partial charge in [-0.2, -0.15) is 0 Å². The Morgan fingerprint density at radius 3 is 0.989 bits per heavy atom. The van der Waals surface area contributed by atoms with Crippen LogP contribution >= 0.6 is 7.82 Å². The minimum atomic E-state index is -4.36. The van der Waals surface area contributed by atoms with Crippen molar-refractivity contribution in [3.8, 4) is 0 Å². The number of unbranched alkanes of at least 4 members (excludes halogenated alkanes) is 40. The van der Waals surface area contributed by atoms with Crippen molar-refractivity contribution in [2.24, 2.45) is 0 Å². The summed E-state index contributed by atoms with van der Waals surface area (Å²) in [5, 5.41) is 14.0. The van der Waals surface area contributed by atoms with Gasteiger partial charge in [-0.05, 0) is 83.5 Å². The molecule has 516 valence electrons. The zero-order chi connectivity index (χ0) is 64.8. The lowest BCUT2D eigenvalue weighted by atomic mass is 10.0. The quantitative estimate of drug-likeness (QED) is 0.0243. The van der Waals surface area contributed by atoms with E-state index in [1.165, 1.54) is 231 Å². The number of carbonyl (C=O) groups excluding carboxylic acids is 1. The molecule has 0 aromatic heterocycles. The van der Waals surface area contributed by atoms with E-state index in [-0.39, 0.29) is 19.1 Å². The fourth-order valence-electron chi connectivity index (χ4n) is 10.9. The average Bonchev–Trinajstić information content (AvgIpc) is 3.55. The summed E-state index contributed by atoms with van der Waals surface area (Å²) in [6, 6.07) is -0.854. The third-order valence-corrected chi connectivity index (χ3v) is 17.7. The summed E-state index contributed by atoms with van der Waals surface area (Å²) in [4.78, 5) is 23.5. The molecule has 9 heteroatoms. The number of hydrogen-bond acceptors (Lipinski definition) is 5. The highest BCUT2D eigenvalue weighted by Gasteiger charge is 2.28. The number of phosphoric ester groups is 1. The van der Waals surface area contributed by atoms with Crippen LogP contribution in [0, 0.1) is 0 Å². The van der Waals surface area contributed by atoms with Gasteiger partial charge in [0.1, 0.15) is 13.2 Å². The lowest BCUT2D eigenvalue weighted by Gasteiger charge is -2.25. The fraction of sp³-hybridized carbons (Fsp3) is 0.762. The molecule has 0 fully saturated rings. The number of hydrogen-bond donors (Lipinski definition) is 3. The number of quaternary nitrogens is 1. The molecule has 0 saturated carbocycles. The number of aliphatic hydroxyl groups is 1. The van der Waals surface area contributed by atoms with Gasteiger partial charge < -0.3 is 19.8 Å². The van der Waals surface area contributed by atoms with Crippen LogP contribution in [0.5, 0.6) is 0 Å². The number of phosphoric acid groups is 1. The molecule has 0 heterocycles. The molecule has 3 N–H and O–H groups in total. The lowest BCUT2D eigenvalue weighted by Crippen LogP contribution is -2.45. The van der Waals surface area contributed by atoms with Crippen LogP contribution in [0.25, 0.3) is 0 Å². The first kappa shape index (κ1) is 86.2. The summed E-state index contributed by atoms with van der Waals surface area (Å²) in [6.07, 6.45) is 102. The zero-order valence-electron chi connectivity index (χ0n) is 59.2. The van der Waals surface area contributed by atoms with Crippen LogP contribution in [-0.2, 0) is 18.4 Å². The second kappa shape index (κ2) is 69.5. The Balaban J connectivity index is 4.05. The molecule has 8 nitrogen and oxygen atoms in total. The predicted molar refractivity (Wildman–Crippen MR) is 392 cm³/mol. The normalized spacial score (nSPS) is 14.2. The molecule has 3 unspecified atom stereocenters. The molecule has 0 aliphatic carbocycles. The molecule has 0 radical (unpaired) electrons. The number of rotatable bonds is 69. The first-order chi connectivity index (χ1) is 43.5. The summed E-state index contributed by atoms with van der Waals surface area (Å²) in [5.74, 6) is -0.177. The van der Waals surface area contributed by atoms with E-state index < -0.39 is 20.0 Å². The van der Waals surface area contributed by atoms with Gasteiger partial charge in [0, 0.05) is 6.42 Å². The standard InChI is InChI=1S/C80H145N2O6P/c1-6-8-10-12-14-16-18-20-22-24-26-28-30-32-34-36-37-38-39-40-41-42-43-44-45-46-48-50-52-54-56-58-60-62-64-66-68-70-72-74-80(84)81-78(77-88-89(85,86)87-76-75-82(3,4)5)79(83)73-71-69-67-65-63-61-59-57-55-53-51-49-47-35-33-31-29-27-25-23-21-19-17-15-13-11-9-7-2/h8,10,14,16,20,22,26,28,32,34,37-38,40-41,43-44,71,73,78-79,83H,6-7,9,11-13,15,17-19,21,23-25,27,29-31,33,35-36,39,42,45-70,72,74-77H2,1-5H3,(H-,81,84,85,86)/p+1/b10-8-,16-14-,22-20-,28-26-,34-32-,38-37-,41-40-,44-43-,73-71+. The highest BCUT2D eigenvalue weighted by molar-refractivity contribution is 7.47. The SMILES string of the molecule is CC/C=C\C/C=C\C/C=C\C/C=C\C/C=C\C/C=C\C/C=C\C/C=C\CCCCCCCCCCCCCCCCC(=O)NC(COP(=O)(O)OCC[N+](C)(C)C)C(O)/C=C/CCCCCCCCCCCCCCCCCCCCCCCCCCCC. The number of carbonyl (C=O) groups is 1. The topological polar surface area (TPSA) is 105 Å². The maximum Gasteiger partial charge on any atom is 0.472 e. The minimum absolute atomic E-state index is 0.0587. The number of amides is 1. The van der Waals surface area contributed by atoms with Gasteiger partial charge in [0.15, 0.2) is 0 Å². The largest absolute Gasteiger partial charge is 0.472 e. The Morgan fingerprint density at radius 2 is 0.674 bits per heavy atom. The number of nitrogens with one attached hydrogen (secondary N) is 1. The molecule has 1 amide bonds. The van der Waals surface area contributed by atoms with Gasteiger partial charge in [-0.15, -0.1) is 0 Å². The molecular formula is C80H146N2O6P+. The van der Waals surface area contributed by atoms with E-state index in [4.69, 9.17) is 9.05 Å². The molecule has 89 heavy (non-hydrogen) atoms. The number of nitrogens with zero attached hydrogens (tertiary/aromatic N) is 1. The maximum atomic E-state index is 13.1. The van der Waals surface area contributed by atoms with E-state index in [0.717, 1.165) is 89.9 Å². The van der Waals surface area contributed by atoms with Crippen LogP contribution < -0.4 is 5.32 Å². The van der Waals surface area contributed by atoms with E-state index >= 15 is 0 Å². The van der Waals surface area contributed by atoms with Gasteiger partial charge in [-0.1, -0.05) is 361 Å². The van der Waals surface area contributed by atoms with E-state index in [0.29, 0.717) is 17.4 Å². The van der Waals surface area contributed by atoms with Crippen molar-refractivity contribution in [2.45, 2.75) is 353 Å². The molecule has 0 aromatic rings. The van der Waals surface area contributed by atoms with Crippen molar-refractivity contribution in [1.29, 1.82) is 0 Å². The van der Waals surface area contributed by atoms with Gasteiger partial charge in [-0.25, -0.2) is 4.57 Å². The average molecular weight is 1260 g/mol. The monoisotopic (exact) mass is 1260 g/mol. The molecule has 3 atom stereocenters. The van der Waals surface area contributed by atoms with Gasteiger partial charge in [0.05, 0.1) is 39.9 Å². The molecule has 0 rings (SSSR count). The highest BCUT2D eigenvalue weighted by atomic mass is 31.2. The molecular weight excluding hydrogens is 1120 g/mol. The van der Waals surface area contributed by atoms with Crippen LogP contribution in [0.3, 0.4) is 0 Å². The molecule has 0 aliphatic heterocycles. The Hall–Kier alpha value is -2.84. The van der Waals surface area contributed by atoms with Crippen molar-refractivity contribution in [2.75, 3.05) is 40.9 Å². The van der Waals surface area contributed by atoms with Gasteiger partial charge in [-0.3, -0.25) is 13.8 Å². The predicted octanol–water partition coefficient (Wildman–Crippen LogP) is 24.6. The lowest BCUT2D eigenvalue weighted by molar-refractivity contribution is -0.870. The van der Waals surface area contributed by atoms with Crippen molar-refractivity contribution in [1.82, 2.24) is 5.32 Å². The Morgan fingerprint density at radius 1 is 0.393 bits per heavy atom. The molecule has 0 spiro atoms. The third kappa shape index (κ3) is 72.4. The number of aliphatic hydroxyl groups excluding tert-OH is 1. The first-order valence-corrected chi connectivity index (χ1v) is 39.3. The third-order valence-electron chi connectivity index (χ3n) is 16.7. The second-order valence-electron chi connectivity index (χ2n) is 26.6. The molecule has 0 bridgehead atoms. The fourth-order valence-corrected chi connectivity index (χ4v) is 11.7. The van der Waals surface area contributed by atoms with E-state index in [2.05, 4.69) is 116 Å². The molecule has 0 aliphatic rings. The first-order valence-electron chi connectivity index (χ1n) is 37.8. The number of likely N-dealkylation sites (N-methyl/N-ethyl adjacent to an activating group) is 1. The van der Waals surface area contributed by atoms with Crippen molar-refractivity contribution in [3.63, 3.8) is 0 Å².